The Morgan fingerprint density at radius 3 is 2.46 bits per heavy atom. The fourth-order valence-corrected chi connectivity index (χ4v) is 5.00. The van der Waals surface area contributed by atoms with E-state index in [1.54, 1.807) is 0 Å². The molecule has 2 aliphatic rings. The van der Waals surface area contributed by atoms with Crippen LogP contribution in [0.1, 0.15) is 39.9 Å². The molecule has 5 rings (SSSR count). The highest BCUT2D eigenvalue weighted by Crippen LogP contribution is 2.46. The summed E-state index contributed by atoms with van der Waals surface area (Å²) in [6.45, 7) is 7.24. The highest BCUT2D eigenvalue weighted by Gasteiger charge is 2.46. The number of nitrogens with zero attached hydrogens (tertiary/aromatic N) is 1. The van der Waals surface area contributed by atoms with E-state index in [1.165, 1.54) is 16.7 Å². The van der Waals surface area contributed by atoms with Gasteiger partial charge in [-0.15, -0.1) is 0 Å². The summed E-state index contributed by atoms with van der Waals surface area (Å²) in [5, 5.41) is 0. The molecule has 0 aromatic heterocycles. The fraction of sp³-hybridized carbons (Fsp3) is 0.231. The van der Waals surface area contributed by atoms with Crippen LogP contribution in [0.2, 0.25) is 0 Å². The zero-order chi connectivity index (χ0) is 19.1. The van der Waals surface area contributed by atoms with E-state index in [-0.39, 0.29) is 5.41 Å². The van der Waals surface area contributed by atoms with Gasteiger partial charge in [-0.05, 0) is 72.1 Å². The van der Waals surface area contributed by atoms with Crippen molar-refractivity contribution in [1.82, 2.24) is 0 Å². The molecular formula is C26H21NO. The van der Waals surface area contributed by atoms with Crippen molar-refractivity contribution < 1.29 is 4.79 Å². The molecule has 1 atom stereocenters. The molecule has 2 aliphatic carbocycles. The summed E-state index contributed by atoms with van der Waals surface area (Å²) in [6, 6.07) is 22.5. The molecule has 0 bridgehead atoms. The van der Waals surface area contributed by atoms with E-state index < -0.39 is 0 Å². The number of rotatable bonds is 1. The lowest BCUT2D eigenvalue weighted by atomic mass is 9.75. The molecular weight excluding hydrogens is 342 g/mol. The molecule has 136 valence electrons. The highest BCUT2D eigenvalue weighted by atomic mass is 16.1. The molecule has 0 heterocycles. The monoisotopic (exact) mass is 363 g/mol. The van der Waals surface area contributed by atoms with Crippen LogP contribution < -0.4 is 0 Å². The van der Waals surface area contributed by atoms with Crippen molar-refractivity contribution in [3.63, 3.8) is 0 Å². The Kier molecular flexibility index (Phi) is 3.91. The van der Waals surface area contributed by atoms with E-state index in [9.17, 15) is 4.79 Å². The Bertz CT molecular complexity index is 1140. The van der Waals surface area contributed by atoms with Gasteiger partial charge in [0.25, 0.3) is 0 Å². The van der Waals surface area contributed by atoms with Gasteiger partial charge in [-0.1, -0.05) is 54.6 Å². The first-order valence-corrected chi connectivity index (χ1v) is 9.91. The first-order chi connectivity index (χ1) is 13.7. The van der Waals surface area contributed by atoms with Gasteiger partial charge in [0, 0.05) is 11.0 Å². The first-order valence-electron chi connectivity index (χ1n) is 9.91. The summed E-state index contributed by atoms with van der Waals surface area (Å²) in [5.41, 5.74) is 7.15. The lowest BCUT2D eigenvalue weighted by Crippen LogP contribution is -2.30. The van der Waals surface area contributed by atoms with Crippen LogP contribution in [0.3, 0.4) is 0 Å². The average molecular weight is 363 g/mol. The van der Waals surface area contributed by atoms with Crippen LogP contribution >= 0.6 is 0 Å². The minimum Gasteiger partial charge on any atom is -0.294 e. The molecule has 0 radical (unpaired) electrons. The maximum atomic E-state index is 13.6. The van der Waals surface area contributed by atoms with E-state index in [2.05, 4.69) is 41.2 Å². The van der Waals surface area contributed by atoms with Crippen molar-refractivity contribution in [2.75, 3.05) is 0 Å². The standard InChI is InChI=1S/C26H21NO/c1-27-23-10-4-8-19(14-23)20-11-12-22-17-26(25(28)24(22)15-20)13-5-9-18-6-2-3-7-21(18)16-26/h2-4,6-8,10-12,14-15H,5,9,13,16-17H2. The topological polar surface area (TPSA) is 21.4 Å². The molecule has 0 aliphatic heterocycles. The maximum absolute atomic E-state index is 13.6. The van der Waals surface area contributed by atoms with Gasteiger partial charge < -0.3 is 0 Å². The Labute approximate surface area is 165 Å². The lowest BCUT2D eigenvalue weighted by molar-refractivity contribution is 0.0804. The van der Waals surface area contributed by atoms with Crippen molar-refractivity contribution in [3.8, 4) is 11.1 Å². The van der Waals surface area contributed by atoms with E-state index >= 15 is 0 Å². The van der Waals surface area contributed by atoms with Crippen molar-refractivity contribution in [2.24, 2.45) is 5.41 Å². The highest BCUT2D eigenvalue weighted by molar-refractivity contribution is 6.06. The van der Waals surface area contributed by atoms with Crippen molar-refractivity contribution in [3.05, 3.63) is 100 Å². The Balaban J connectivity index is 1.54. The summed E-state index contributed by atoms with van der Waals surface area (Å²) >= 11 is 0. The van der Waals surface area contributed by atoms with Crippen LogP contribution in [-0.2, 0) is 19.3 Å². The molecule has 0 saturated heterocycles. The number of carbonyl (C=O) groups is 1. The molecule has 0 saturated carbocycles. The average Bonchev–Trinajstić information content (AvgIpc) is 2.88. The second-order valence-electron chi connectivity index (χ2n) is 8.12. The first kappa shape index (κ1) is 17.0. The number of fused-ring (bicyclic) bond motifs is 2. The summed E-state index contributed by atoms with van der Waals surface area (Å²) in [5.74, 6) is 0.308. The molecule has 1 spiro atoms. The summed E-state index contributed by atoms with van der Waals surface area (Å²) in [7, 11) is 0. The van der Waals surface area contributed by atoms with Crippen molar-refractivity contribution in [2.45, 2.75) is 32.1 Å². The van der Waals surface area contributed by atoms with E-state index in [0.717, 1.165) is 48.8 Å². The molecule has 3 aromatic carbocycles. The summed E-state index contributed by atoms with van der Waals surface area (Å²) < 4.78 is 0. The number of Topliss-reactive ketones (excluding diaryl/α,β-unsaturated/α-hetero) is 1. The van der Waals surface area contributed by atoms with Crippen molar-refractivity contribution in [1.29, 1.82) is 0 Å². The number of ketones is 1. The predicted octanol–water partition coefficient (Wildman–Crippen LogP) is 6.21. The molecule has 3 aromatic rings. The van der Waals surface area contributed by atoms with Crippen LogP contribution in [0, 0.1) is 12.0 Å². The largest absolute Gasteiger partial charge is 0.294 e. The van der Waals surface area contributed by atoms with Crippen LogP contribution in [0.25, 0.3) is 16.0 Å². The van der Waals surface area contributed by atoms with Crippen LogP contribution in [0.5, 0.6) is 0 Å². The van der Waals surface area contributed by atoms with Gasteiger partial charge in [0.05, 0.1) is 6.57 Å². The SMILES string of the molecule is [C-]#[N+]c1cccc(-c2ccc3c(c2)C(=O)C2(CCCc4ccccc4C2)C3)c1. The van der Waals surface area contributed by atoms with Crippen molar-refractivity contribution >= 4 is 11.5 Å². The van der Waals surface area contributed by atoms with Gasteiger partial charge in [0.1, 0.15) is 0 Å². The van der Waals surface area contributed by atoms with E-state index in [0.29, 0.717) is 11.5 Å². The molecule has 28 heavy (non-hydrogen) atoms. The number of benzene rings is 3. The predicted molar refractivity (Wildman–Crippen MR) is 112 cm³/mol. The lowest BCUT2D eigenvalue weighted by Gasteiger charge is -2.26. The molecule has 0 amide bonds. The fourth-order valence-electron chi connectivity index (χ4n) is 5.00. The second kappa shape index (κ2) is 6.46. The Morgan fingerprint density at radius 1 is 0.821 bits per heavy atom. The van der Waals surface area contributed by atoms with Gasteiger partial charge in [0.2, 0.25) is 0 Å². The smallest absolute Gasteiger partial charge is 0.187 e. The maximum Gasteiger partial charge on any atom is 0.187 e. The minimum atomic E-state index is -0.286. The Hall–Kier alpha value is -3.18. The summed E-state index contributed by atoms with van der Waals surface area (Å²) in [4.78, 5) is 17.1. The molecule has 1 unspecified atom stereocenters. The van der Waals surface area contributed by atoms with Gasteiger partial charge in [-0.25, -0.2) is 4.85 Å². The number of hydrogen-bond donors (Lipinski definition) is 0. The van der Waals surface area contributed by atoms with E-state index in [1.807, 2.05) is 30.3 Å². The van der Waals surface area contributed by atoms with E-state index in [4.69, 9.17) is 6.57 Å². The normalized spacial score (nSPS) is 20.3. The van der Waals surface area contributed by atoms with Crippen LogP contribution in [0.4, 0.5) is 5.69 Å². The van der Waals surface area contributed by atoms with Crippen LogP contribution in [-0.4, -0.2) is 5.78 Å². The van der Waals surface area contributed by atoms with Gasteiger partial charge in [-0.2, -0.15) is 0 Å². The summed E-state index contributed by atoms with van der Waals surface area (Å²) in [6.07, 6.45) is 4.78. The second-order valence-corrected chi connectivity index (χ2v) is 8.12. The third-order valence-electron chi connectivity index (χ3n) is 6.42. The van der Waals surface area contributed by atoms with Gasteiger partial charge in [-0.3, -0.25) is 4.79 Å². The Morgan fingerprint density at radius 2 is 1.61 bits per heavy atom. The molecule has 2 heteroatoms. The number of aryl methyl sites for hydroxylation is 1. The third kappa shape index (κ3) is 2.67. The quantitative estimate of drug-likeness (QED) is 0.471. The minimum absolute atomic E-state index is 0.286. The van der Waals surface area contributed by atoms with Gasteiger partial charge >= 0.3 is 0 Å². The molecule has 2 nitrogen and oxygen atoms in total. The third-order valence-corrected chi connectivity index (χ3v) is 6.42. The number of carbonyl (C=O) groups excluding carboxylic acids is 1. The molecule has 0 fully saturated rings. The van der Waals surface area contributed by atoms with Gasteiger partial charge in [0.15, 0.2) is 11.5 Å². The zero-order valence-electron chi connectivity index (χ0n) is 15.7. The number of hydrogen-bond acceptors (Lipinski definition) is 1. The van der Waals surface area contributed by atoms with Crippen LogP contribution in [0.15, 0.2) is 66.7 Å². The molecule has 0 N–H and O–H groups in total. The zero-order valence-corrected chi connectivity index (χ0v) is 15.7.